The van der Waals surface area contributed by atoms with Gasteiger partial charge in [0.2, 0.25) is 15.0 Å². The number of nitrogens with zero attached hydrogens (tertiary/aromatic N) is 4. The van der Waals surface area contributed by atoms with Crippen LogP contribution in [0, 0.1) is 12.8 Å². The third-order valence-electron chi connectivity index (χ3n) is 8.00. The number of hydrogen-bond acceptors (Lipinski definition) is 7. The van der Waals surface area contributed by atoms with Crippen molar-refractivity contribution in [2.24, 2.45) is 5.92 Å². The molecule has 5 rings (SSSR count). The molecule has 2 heterocycles. The Hall–Kier alpha value is -3.20. The van der Waals surface area contributed by atoms with Gasteiger partial charge in [0.15, 0.2) is 0 Å². The van der Waals surface area contributed by atoms with Gasteiger partial charge >= 0.3 is 6.09 Å². The van der Waals surface area contributed by atoms with E-state index in [9.17, 15) is 13.2 Å². The lowest BCUT2D eigenvalue weighted by atomic mass is 9.73. The molecule has 1 amide bonds. The van der Waals surface area contributed by atoms with E-state index in [0.717, 1.165) is 17.7 Å². The first-order chi connectivity index (χ1) is 18.7. The Kier molecular flexibility index (Phi) is 7.31. The first kappa shape index (κ1) is 28.3. The van der Waals surface area contributed by atoms with Gasteiger partial charge in [-0.3, -0.25) is 0 Å². The van der Waals surface area contributed by atoms with Crippen LogP contribution in [0.25, 0.3) is 10.8 Å². The van der Waals surface area contributed by atoms with Crippen LogP contribution in [0.2, 0.25) is 0 Å². The fourth-order valence-electron chi connectivity index (χ4n) is 6.13. The van der Waals surface area contributed by atoms with Gasteiger partial charge in [-0.15, -0.1) is 0 Å². The number of carbonyl (C=O) groups excluding carboxylic acids is 1. The monoisotopic (exact) mass is 564 g/mol. The molecule has 0 bridgehead atoms. The fraction of sp³-hybridized carbons (Fsp3) is 0.516. The highest BCUT2D eigenvalue weighted by Gasteiger charge is 2.37. The molecule has 1 fully saturated rings. The molecule has 0 radical (unpaired) electrons. The highest BCUT2D eigenvalue weighted by molar-refractivity contribution is 7.90. The molecule has 214 valence electrons. The van der Waals surface area contributed by atoms with Crippen LogP contribution in [-0.2, 0) is 27.4 Å². The van der Waals surface area contributed by atoms with Crippen molar-refractivity contribution in [2.45, 2.75) is 77.1 Å². The number of anilines is 1. The molecule has 9 heteroatoms. The van der Waals surface area contributed by atoms with E-state index in [1.165, 1.54) is 28.2 Å². The molecule has 1 aromatic heterocycles. The van der Waals surface area contributed by atoms with Crippen LogP contribution >= 0.6 is 0 Å². The van der Waals surface area contributed by atoms with Crippen molar-refractivity contribution in [3.05, 3.63) is 58.8 Å². The minimum atomic E-state index is -3.63. The van der Waals surface area contributed by atoms with Crippen molar-refractivity contribution in [3.63, 3.8) is 0 Å². The van der Waals surface area contributed by atoms with Crippen LogP contribution in [0.15, 0.2) is 41.6 Å². The van der Waals surface area contributed by atoms with Gasteiger partial charge in [0, 0.05) is 37.5 Å². The average molecular weight is 565 g/mol. The highest BCUT2D eigenvalue weighted by atomic mass is 32.2. The van der Waals surface area contributed by atoms with Crippen LogP contribution in [-0.4, -0.2) is 66.9 Å². The zero-order valence-electron chi connectivity index (χ0n) is 24.6. The molecule has 2 aromatic carbocycles. The third kappa shape index (κ3) is 5.66. The Balaban J connectivity index is 1.52. The summed E-state index contributed by atoms with van der Waals surface area (Å²) in [7, 11) is -3.63. The van der Waals surface area contributed by atoms with E-state index in [4.69, 9.17) is 4.74 Å². The molecule has 0 saturated carbocycles. The number of carbonyl (C=O) groups is 1. The average Bonchev–Trinajstić information content (AvgIpc) is 2.85. The second kappa shape index (κ2) is 10.3. The molecule has 1 saturated heterocycles. The maximum absolute atomic E-state index is 12.7. The van der Waals surface area contributed by atoms with Gasteiger partial charge in [-0.25, -0.2) is 23.2 Å². The maximum Gasteiger partial charge on any atom is 0.410 e. The molecule has 2 unspecified atom stereocenters. The lowest BCUT2D eigenvalue weighted by molar-refractivity contribution is 0.0218. The smallest absolute Gasteiger partial charge is 0.410 e. The third-order valence-corrected chi connectivity index (χ3v) is 8.84. The number of ether oxygens (including phenoxy) is 1. The molecule has 0 N–H and O–H groups in total. The lowest BCUT2D eigenvalue weighted by Gasteiger charge is -2.42. The number of sulfone groups is 1. The largest absolute Gasteiger partial charge is 0.444 e. The normalized spacial score (nSPS) is 21.8. The van der Waals surface area contributed by atoms with Crippen LogP contribution < -0.4 is 4.90 Å². The number of fused-ring (bicyclic) bond motifs is 2. The Morgan fingerprint density at radius 3 is 2.45 bits per heavy atom. The van der Waals surface area contributed by atoms with Crippen molar-refractivity contribution in [1.29, 1.82) is 0 Å². The van der Waals surface area contributed by atoms with Crippen LogP contribution in [0.3, 0.4) is 0 Å². The van der Waals surface area contributed by atoms with Crippen molar-refractivity contribution < 1.29 is 17.9 Å². The van der Waals surface area contributed by atoms with Crippen LogP contribution in [0.5, 0.6) is 0 Å². The Morgan fingerprint density at radius 1 is 1.05 bits per heavy atom. The number of piperazine rings is 1. The highest BCUT2D eigenvalue weighted by Crippen LogP contribution is 2.42. The molecule has 1 aliphatic heterocycles. The van der Waals surface area contributed by atoms with Gasteiger partial charge < -0.3 is 14.5 Å². The van der Waals surface area contributed by atoms with E-state index < -0.39 is 15.4 Å². The summed E-state index contributed by atoms with van der Waals surface area (Å²) in [5.41, 5.74) is 3.76. The first-order valence-electron chi connectivity index (χ1n) is 14.0. The van der Waals surface area contributed by atoms with Gasteiger partial charge in [-0.05, 0) is 75.6 Å². The summed E-state index contributed by atoms with van der Waals surface area (Å²) in [5, 5.41) is 2.32. The standard InChI is InChI=1S/C31H40N4O4S/c1-19-14-22-10-8-9-11-23(22)25(15-19)24-17-27-26(16-20(24)2)28(33-29(32-27)40(7,37)38)35-13-12-34(18-21(35)3)30(36)39-31(4,5)6/h8-11,14-15,20-21,24H,12-13,16-18H2,1-7H3/t20?,21-,24?/m0/s1. The summed E-state index contributed by atoms with van der Waals surface area (Å²) >= 11 is 0. The summed E-state index contributed by atoms with van der Waals surface area (Å²) in [6, 6.07) is 12.9. The minimum absolute atomic E-state index is 0.0681. The van der Waals surface area contributed by atoms with Crippen molar-refractivity contribution >= 4 is 32.5 Å². The van der Waals surface area contributed by atoms with Crippen molar-refractivity contribution in [2.75, 3.05) is 30.8 Å². The number of amides is 1. The van der Waals surface area contributed by atoms with E-state index in [2.05, 4.69) is 65.1 Å². The Bertz CT molecular complexity index is 1560. The second-order valence-electron chi connectivity index (χ2n) is 12.6. The van der Waals surface area contributed by atoms with E-state index in [-0.39, 0.29) is 23.2 Å². The van der Waals surface area contributed by atoms with E-state index in [1.54, 1.807) is 4.90 Å². The number of benzene rings is 2. The summed E-state index contributed by atoms with van der Waals surface area (Å²) < 4.78 is 31.1. The van der Waals surface area contributed by atoms with E-state index >= 15 is 0 Å². The fourth-order valence-corrected chi connectivity index (χ4v) is 6.66. The Labute approximate surface area is 237 Å². The molecule has 1 aliphatic carbocycles. The summed E-state index contributed by atoms with van der Waals surface area (Å²) in [4.78, 5) is 25.9. The number of aryl methyl sites for hydroxylation is 1. The molecule has 3 aromatic rings. The predicted octanol–water partition coefficient (Wildman–Crippen LogP) is 5.31. The topological polar surface area (TPSA) is 92.7 Å². The molecule has 2 aliphatic rings. The van der Waals surface area contributed by atoms with Crippen molar-refractivity contribution in [1.82, 2.24) is 14.9 Å². The van der Waals surface area contributed by atoms with Crippen LogP contribution in [0.4, 0.5) is 10.6 Å². The van der Waals surface area contributed by atoms with Gasteiger partial charge in [0.1, 0.15) is 11.4 Å². The summed E-state index contributed by atoms with van der Waals surface area (Å²) in [6.07, 6.45) is 2.23. The number of aromatic nitrogens is 2. The quantitative estimate of drug-likeness (QED) is 0.398. The van der Waals surface area contributed by atoms with Gasteiger partial charge in [-0.1, -0.05) is 48.9 Å². The summed E-state index contributed by atoms with van der Waals surface area (Å²) in [6.45, 7) is 13.5. The molecule has 8 nitrogen and oxygen atoms in total. The molecule has 3 atom stereocenters. The van der Waals surface area contributed by atoms with Gasteiger partial charge in [0.25, 0.3) is 0 Å². The Morgan fingerprint density at radius 2 is 1.77 bits per heavy atom. The zero-order valence-corrected chi connectivity index (χ0v) is 25.4. The second-order valence-corrected chi connectivity index (χ2v) is 14.5. The predicted molar refractivity (Wildman–Crippen MR) is 158 cm³/mol. The van der Waals surface area contributed by atoms with Gasteiger partial charge in [0.05, 0.1) is 5.69 Å². The molecule has 0 spiro atoms. The van der Waals surface area contributed by atoms with Gasteiger partial charge in [-0.2, -0.15) is 0 Å². The van der Waals surface area contributed by atoms with Crippen molar-refractivity contribution in [3.8, 4) is 0 Å². The molecule has 40 heavy (non-hydrogen) atoms. The van der Waals surface area contributed by atoms with Crippen LogP contribution in [0.1, 0.15) is 62.9 Å². The minimum Gasteiger partial charge on any atom is -0.444 e. The van der Waals surface area contributed by atoms with E-state index in [1.807, 2.05) is 27.7 Å². The number of hydrogen-bond donors (Lipinski definition) is 0. The first-order valence-corrected chi connectivity index (χ1v) is 15.9. The molecular formula is C31H40N4O4S. The lowest BCUT2D eigenvalue weighted by Crippen LogP contribution is -2.55. The zero-order chi connectivity index (χ0) is 29.0. The maximum atomic E-state index is 12.7. The molecular weight excluding hydrogens is 524 g/mol. The van der Waals surface area contributed by atoms with E-state index in [0.29, 0.717) is 37.8 Å². The summed E-state index contributed by atoms with van der Waals surface area (Å²) in [5.74, 6) is 1.19. The SMILES string of the molecule is Cc1cc(C2Cc3nc(S(C)(=O)=O)nc(N4CCN(C(=O)OC(C)(C)C)C[C@@H]4C)c3CC2C)c2ccccc2c1. The number of rotatable bonds is 3.